The van der Waals surface area contributed by atoms with Crippen LogP contribution in [0.15, 0.2) is 50.9 Å². The maximum atomic E-state index is 12.2. The number of benzene rings is 1. The molecule has 1 amide bonds. The molecule has 0 fully saturated rings. The summed E-state index contributed by atoms with van der Waals surface area (Å²) in [6, 6.07) is 11.3. The van der Waals surface area contributed by atoms with Crippen molar-refractivity contribution in [2.75, 3.05) is 11.1 Å². The summed E-state index contributed by atoms with van der Waals surface area (Å²) in [5.74, 6) is 0.123. The van der Waals surface area contributed by atoms with Gasteiger partial charge in [-0.2, -0.15) is 0 Å². The predicted molar refractivity (Wildman–Crippen MR) is 103 cm³/mol. The number of thioether (sulfide) groups is 1. The average Bonchev–Trinajstić information content (AvgIpc) is 3.22. The van der Waals surface area contributed by atoms with E-state index in [2.05, 4.69) is 20.7 Å². The summed E-state index contributed by atoms with van der Waals surface area (Å²) < 4.78 is 6.65. The zero-order valence-corrected chi connectivity index (χ0v) is 16.2. The highest BCUT2D eigenvalue weighted by atomic mass is 32.2. The molecule has 1 aromatic carbocycles. The first kappa shape index (κ1) is 19.0. The van der Waals surface area contributed by atoms with E-state index in [9.17, 15) is 9.59 Å². The van der Waals surface area contributed by atoms with Crippen LogP contribution in [0.2, 0.25) is 0 Å². The van der Waals surface area contributed by atoms with Gasteiger partial charge in [0, 0.05) is 11.5 Å². The van der Waals surface area contributed by atoms with E-state index in [1.54, 1.807) is 6.07 Å². The number of nitrogens with one attached hydrogen (secondary N) is 2. The minimum atomic E-state index is -0.313. The van der Waals surface area contributed by atoms with E-state index in [-0.39, 0.29) is 22.8 Å². The molecule has 0 atom stereocenters. The highest BCUT2D eigenvalue weighted by Crippen LogP contribution is 2.24. The molecule has 2 aromatic heterocycles. The molecule has 3 rings (SSSR count). The highest BCUT2D eigenvalue weighted by Gasteiger charge is 2.20. The van der Waals surface area contributed by atoms with Crippen molar-refractivity contribution in [3.05, 3.63) is 58.1 Å². The monoisotopic (exact) mass is 387 g/mol. The number of aromatic amines is 1. The van der Waals surface area contributed by atoms with Gasteiger partial charge in [0.05, 0.1) is 18.0 Å². The summed E-state index contributed by atoms with van der Waals surface area (Å²) >= 11 is 1.17. The molecule has 0 aliphatic heterocycles. The number of hydrogen-bond donors (Lipinski definition) is 2. The molecule has 3 aromatic rings. The first-order valence-electron chi connectivity index (χ1n) is 8.42. The Labute approximate surface area is 160 Å². The average molecular weight is 387 g/mol. The van der Waals surface area contributed by atoms with E-state index in [4.69, 9.17) is 4.52 Å². The van der Waals surface area contributed by atoms with Crippen molar-refractivity contribution in [1.82, 2.24) is 19.9 Å². The molecule has 0 aliphatic carbocycles. The van der Waals surface area contributed by atoms with Gasteiger partial charge in [-0.05, 0) is 5.56 Å². The molecule has 0 aliphatic rings. The van der Waals surface area contributed by atoms with Crippen LogP contribution in [-0.4, -0.2) is 31.6 Å². The van der Waals surface area contributed by atoms with Crippen LogP contribution < -0.4 is 11.0 Å². The molecule has 142 valence electrons. The van der Waals surface area contributed by atoms with Crippen molar-refractivity contribution in [3.8, 4) is 0 Å². The molecule has 0 saturated carbocycles. The molecule has 0 unspecified atom stereocenters. The fourth-order valence-electron chi connectivity index (χ4n) is 2.31. The third-order valence-corrected chi connectivity index (χ3v) is 4.76. The third-order valence-electron chi connectivity index (χ3n) is 3.78. The van der Waals surface area contributed by atoms with Crippen LogP contribution in [0.3, 0.4) is 0 Å². The van der Waals surface area contributed by atoms with E-state index in [0.717, 1.165) is 11.3 Å². The Hall–Kier alpha value is -2.81. The lowest BCUT2D eigenvalue weighted by atomic mass is 9.92. The zero-order chi connectivity index (χ0) is 19.4. The predicted octanol–water partition coefficient (Wildman–Crippen LogP) is 2.64. The van der Waals surface area contributed by atoms with Gasteiger partial charge in [0.15, 0.2) is 5.16 Å². The second-order valence-electron chi connectivity index (χ2n) is 7.05. The number of amides is 1. The van der Waals surface area contributed by atoms with Crippen LogP contribution in [0.4, 0.5) is 5.88 Å². The number of nitrogens with zero attached hydrogens (tertiary/aromatic N) is 3. The van der Waals surface area contributed by atoms with Crippen LogP contribution in [-0.2, 0) is 16.8 Å². The molecule has 0 spiro atoms. The number of H-pyrrole nitrogens is 1. The lowest BCUT2D eigenvalue weighted by Crippen LogP contribution is -2.19. The smallest absolute Gasteiger partial charge is 0.338 e. The Morgan fingerprint density at radius 3 is 2.70 bits per heavy atom. The maximum absolute atomic E-state index is 12.2. The molecular weight excluding hydrogens is 366 g/mol. The van der Waals surface area contributed by atoms with Crippen molar-refractivity contribution in [1.29, 1.82) is 0 Å². The van der Waals surface area contributed by atoms with Crippen molar-refractivity contribution in [3.63, 3.8) is 0 Å². The lowest BCUT2D eigenvalue weighted by molar-refractivity contribution is -0.113. The van der Waals surface area contributed by atoms with Crippen LogP contribution in [0, 0.1) is 0 Å². The van der Waals surface area contributed by atoms with E-state index in [1.807, 2.05) is 51.1 Å². The summed E-state index contributed by atoms with van der Waals surface area (Å²) in [5.41, 5.74) is 1.26. The largest absolute Gasteiger partial charge is 0.344 e. The molecule has 0 saturated heterocycles. The Bertz CT molecular complexity index is 969. The van der Waals surface area contributed by atoms with Gasteiger partial charge in [0.1, 0.15) is 0 Å². The quantitative estimate of drug-likeness (QED) is 0.630. The number of aromatic nitrogens is 4. The minimum Gasteiger partial charge on any atom is -0.338 e. The molecule has 27 heavy (non-hydrogen) atoms. The molecule has 2 N–H and O–H groups in total. The van der Waals surface area contributed by atoms with Gasteiger partial charge in [-0.25, -0.2) is 9.89 Å². The summed E-state index contributed by atoms with van der Waals surface area (Å²) in [7, 11) is 0. The van der Waals surface area contributed by atoms with Crippen LogP contribution in [0.25, 0.3) is 0 Å². The van der Waals surface area contributed by atoms with Crippen LogP contribution >= 0.6 is 11.8 Å². The summed E-state index contributed by atoms with van der Waals surface area (Å²) in [6.07, 6.45) is 0. The van der Waals surface area contributed by atoms with Crippen molar-refractivity contribution < 1.29 is 9.32 Å². The third kappa shape index (κ3) is 4.88. The zero-order valence-electron chi connectivity index (χ0n) is 15.4. The Balaban J connectivity index is 1.61. The van der Waals surface area contributed by atoms with Gasteiger partial charge in [-0.15, -0.1) is 5.10 Å². The first-order chi connectivity index (χ1) is 12.8. The fraction of sp³-hybridized carbons (Fsp3) is 0.333. The maximum Gasteiger partial charge on any atom is 0.344 e. The van der Waals surface area contributed by atoms with Gasteiger partial charge in [0.25, 0.3) is 0 Å². The Morgan fingerprint density at radius 1 is 1.30 bits per heavy atom. The number of anilines is 1. The van der Waals surface area contributed by atoms with Gasteiger partial charge in [0.2, 0.25) is 11.8 Å². The highest BCUT2D eigenvalue weighted by molar-refractivity contribution is 7.99. The molecular formula is C18H21N5O3S. The molecule has 2 heterocycles. The van der Waals surface area contributed by atoms with Gasteiger partial charge in [-0.1, -0.05) is 68.0 Å². The van der Waals surface area contributed by atoms with Gasteiger partial charge >= 0.3 is 5.69 Å². The van der Waals surface area contributed by atoms with Crippen molar-refractivity contribution in [2.24, 2.45) is 0 Å². The Kier molecular flexibility index (Phi) is 5.50. The minimum absolute atomic E-state index is 0.0879. The van der Waals surface area contributed by atoms with Crippen molar-refractivity contribution >= 4 is 23.6 Å². The SMILES string of the molecule is CC(C)(C)c1cc(NC(=O)CSc2n[nH]c(=O)n2Cc2ccccc2)on1. The van der Waals surface area contributed by atoms with Gasteiger partial charge in [-0.3, -0.25) is 14.7 Å². The topological polar surface area (TPSA) is 106 Å². The fourth-order valence-corrected chi connectivity index (χ4v) is 3.06. The molecule has 0 bridgehead atoms. The first-order valence-corrected chi connectivity index (χ1v) is 9.40. The number of hydrogen-bond acceptors (Lipinski definition) is 6. The number of carbonyl (C=O) groups excluding carboxylic acids is 1. The normalized spacial score (nSPS) is 11.5. The van der Waals surface area contributed by atoms with E-state index in [0.29, 0.717) is 17.6 Å². The standard InChI is InChI=1S/C18H21N5O3S/c1-18(2,3)13-9-15(26-22-13)19-14(24)11-27-17-21-20-16(25)23(17)10-12-7-5-4-6-8-12/h4-9H,10-11H2,1-3H3,(H,19,24)(H,20,25). The number of carbonyl (C=O) groups is 1. The Morgan fingerprint density at radius 2 is 2.04 bits per heavy atom. The summed E-state index contributed by atoms with van der Waals surface area (Å²) in [5, 5.41) is 13.5. The molecule has 8 nitrogen and oxygen atoms in total. The van der Waals surface area contributed by atoms with E-state index >= 15 is 0 Å². The number of rotatable bonds is 6. The van der Waals surface area contributed by atoms with Crippen LogP contribution in [0.5, 0.6) is 0 Å². The lowest BCUT2D eigenvalue weighted by Gasteiger charge is -2.12. The van der Waals surface area contributed by atoms with Crippen LogP contribution in [0.1, 0.15) is 32.0 Å². The summed E-state index contributed by atoms with van der Waals surface area (Å²) in [4.78, 5) is 24.2. The molecule has 0 radical (unpaired) electrons. The summed E-state index contributed by atoms with van der Waals surface area (Å²) in [6.45, 7) is 6.42. The van der Waals surface area contributed by atoms with E-state index in [1.165, 1.54) is 16.3 Å². The van der Waals surface area contributed by atoms with Gasteiger partial charge < -0.3 is 4.52 Å². The molecule has 9 heteroatoms. The van der Waals surface area contributed by atoms with E-state index < -0.39 is 0 Å². The van der Waals surface area contributed by atoms with Crippen molar-refractivity contribution in [2.45, 2.75) is 37.9 Å². The second-order valence-corrected chi connectivity index (χ2v) is 7.99. The second kappa shape index (κ2) is 7.83.